The van der Waals surface area contributed by atoms with Crippen LogP contribution in [0.15, 0.2) is 33.9 Å². The van der Waals surface area contributed by atoms with Gasteiger partial charge in [0.1, 0.15) is 11.6 Å². The largest absolute Gasteiger partial charge is 0.496 e. The molecule has 1 aliphatic rings. The van der Waals surface area contributed by atoms with Crippen molar-refractivity contribution >= 4 is 17.4 Å². The second kappa shape index (κ2) is 11.7. The van der Waals surface area contributed by atoms with Gasteiger partial charge in [-0.05, 0) is 24.8 Å². The lowest BCUT2D eigenvalue weighted by Gasteiger charge is -2.27. The van der Waals surface area contributed by atoms with E-state index in [0.717, 1.165) is 37.7 Å². The zero-order chi connectivity index (χ0) is 23.8. The number of methoxy groups -OCH3 is 1. The van der Waals surface area contributed by atoms with E-state index in [2.05, 4.69) is 4.98 Å². The second-order valence-electron chi connectivity index (χ2n) is 8.83. The highest BCUT2D eigenvalue weighted by Crippen LogP contribution is 2.29. The molecule has 0 bridgehead atoms. The van der Waals surface area contributed by atoms with E-state index in [9.17, 15) is 14.4 Å². The molecule has 3 rings (SSSR count). The molecule has 2 aromatic rings. The van der Waals surface area contributed by atoms with Crippen molar-refractivity contribution in [2.45, 2.75) is 77.8 Å². The Morgan fingerprint density at radius 3 is 2.64 bits per heavy atom. The first-order valence-corrected chi connectivity index (χ1v) is 12.0. The van der Waals surface area contributed by atoms with Crippen molar-refractivity contribution in [1.82, 2.24) is 9.55 Å². The van der Waals surface area contributed by atoms with Crippen LogP contribution in [-0.4, -0.2) is 22.6 Å². The Morgan fingerprint density at radius 1 is 1.21 bits per heavy atom. The monoisotopic (exact) mass is 456 g/mol. The van der Waals surface area contributed by atoms with Gasteiger partial charge in [0.15, 0.2) is 5.69 Å². The summed E-state index contributed by atoms with van der Waals surface area (Å²) in [7, 11) is 1.57. The maximum absolute atomic E-state index is 13.5. The molecule has 8 heteroatoms. The van der Waals surface area contributed by atoms with Crippen molar-refractivity contribution in [3.8, 4) is 5.75 Å². The number of aromatic nitrogens is 2. The summed E-state index contributed by atoms with van der Waals surface area (Å²) >= 11 is 0. The van der Waals surface area contributed by atoms with Crippen molar-refractivity contribution in [1.29, 1.82) is 0 Å². The number of H-pyrrole nitrogens is 1. The summed E-state index contributed by atoms with van der Waals surface area (Å²) in [6, 6.07) is 7.38. The van der Waals surface area contributed by atoms with Crippen molar-refractivity contribution < 1.29 is 9.53 Å². The number of nitrogens with one attached hydrogen (secondary N) is 1. The van der Waals surface area contributed by atoms with E-state index < -0.39 is 11.2 Å². The maximum Gasteiger partial charge on any atom is 0.330 e. The Hall–Kier alpha value is -3.03. The maximum atomic E-state index is 13.5. The normalized spacial score (nSPS) is 14.2. The standard InChI is InChI=1S/C25H36N4O4/c1-3-4-16-28-23(26)22(24(31)27-25(28)32)29(17-19-12-8-9-13-20(19)33-2)21(30)15-14-18-10-6-5-7-11-18/h8-9,12-13,18H,3-7,10-11,14-17,26H2,1-2H3,(H,27,31,32). The van der Waals surface area contributed by atoms with Gasteiger partial charge in [0, 0.05) is 18.5 Å². The summed E-state index contributed by atoms with van der Waals surface area (Å²) in [6.45, 7) is 2.52. The minimum Gasteiger partial charge on any atom is -0.496 e. The molecule has 1 aromatic carbocycles. The van der Waals surface area contributed by atoms with Gasteiger partial charge in [0.25, 0.3) is 5.56 Å². The third kappa shape index (κ3) is 6.06. The van der Waals surface area contributed by atoms with Crippen LogP contribution in [0.25, 0.3) is 0 Å². The van der Waals surface area contributed by atoms with E-state index in [-0.39, 0.29) is 24.0 Å². The van der Waals surface area contributed by atoms with Gasteiger partial charge in [-0.2, -0.15) is 0 Å². The van der Waals surface area contributed by atoms with Crippen LogP contribution >= 0.6 is 0 Å². The number of nitrogen functional groups attached to an aromatic ring is 1. The molecule has 1 saturated carbocycles. The summed E-state index contributed by atoms with van der Waals surface area (Å²) in [5.74, 6) is 1.00. The molecular formula is C25H36N4O4. The smallest absolute Gasteiger partial charge is 0.330 e. The number of nitrogens with two attached hydrogens (primary N) is 1. The van der Waals surface area contributed by atoms with E-state index in [1.54, 1.807) is 7.11 Å². The number of unbranched alkanes of at least 4 members (excludes halogenated alkanes) is 1. The van der Waals surface area contributed by atoms with Crippen molar-refractivity contribution in [3.05, 3.63) is 50.7 Å². The van der Waals surface area contributed by atoms with E-state index in [0.29, 0.717) is 24.6 Å². The molecule has 0 saturated heterocycles. The predicted octanol–water partition coefficient (Wildman–Crippen LogP) is 3.82. The molecule has 1 amide bonds. The Morgan fingerprint density at radius 2 is 1.94 bits per heavy atom. The quantitative estimate of drug-likeness (QED) is 0.565. The minimum atomic E-state index is -0.647. The summed E-state index contributed by atoms with van der Waals surface area (Å²) < 4.78 is 6.81. The molecule has 0 radical (unpaired) electrons. The number of aromatic amines is 1. The van der Waals surface area contributed by atoms with Gasteiger partial charge in [-0.1, -0.05) is 63.6 Å². The Labute approximate surface area is 194 Å². The number of ether oxygens (including phenoxy) is 1. The zero-order valence-corrected chi connectivity index (χ0v) is 19.8. The third-order valence-electron chi connectivity index (χ3n) is 6.53. The Kier molecular flexibility index (Phi) is 8.74. The highest BCUT2D eigenvalue weighted by Gasteiger charge is 2.26. The number of carbonyl (C=O) groups is 1. The molecule has 1 aliphatic carbocycles. The molecule has 3 N–H and O–H groups in total. The number of benzene rings is 1. The average Bonchev–Trinajstić information content (AvgIpc) is 2.82. The van der Waals surface area contributed by atoms with Crippen LogP contribution in [0.5, 0.6) is 5.75 Å². The number of hydrogen-bond acceptors (Lipinski definition) is 5. The summed E-state index contributed by atoms with van der Waals surface area (Å²) in [5.41, 5.74) is 5.94. The molecule has 1 fully saturated rings. The topological polar surface area (TPSA) is 110 Å². The molecule has 8 nitrogen and oxygen atoms in total. The molecule has 33 heavy (non-hydrogen) atoms. The molecule has 0 aliphatic heterocycles. The number of anilines is 2. The number of amides is 1. The van der Waals surface area contributed by atoms with Crippen LogP contribution in [0.2, 0.25) is 0 Å². The zero-order valence-electron chi connectivity index (χ0n) is 19.8. The van der Waals surface area contributed by atoms with Crippen molar-refractivity contribution in [3.63, 3.8) is 0 Å². The van der Waals surface area contributed by atoms with Crippen LogP contribution in [-0.2, 0) is 17.9 Å². The van der Waals surface area contributed by atoms with Crippen LogP contribution in [0.4, 0.5) is 11.5 Å². The van der Waals surface area contributed by atoms with Gasteiger partial charge in [0.05, 0.1) is 13.7 Å². The van der Waals surface area contributed by atoms with Crippen molar-refractivity contribution in [2.75, 3.05) is 17.7 Å². The first kappa shape index (κ1) is 24.6. The average molecular weight is 457 g/mol. The lowest BCUT2D eigenvalue weighted by Crippen LogP contribution is -2.41. The van der Waals surface area contributed by atoms with E-state index in [1.807, 2.05) is 31.2 Å². The van der Waals surface area contributed by atoms with Crippen LogP contribution in [0.3, 0.4) is 0 Å². The number of hydrogen-bond donors (Lipinski definition) is 2. The predicted molar refractivity (Wildman–Crippen MR) is 131 cm³/mol. The number of carbonyl (C=O) groups excluding carboxylic acids is 1. The fraction of sp³-hybridized carbons (Fsp3) is 0.560. The van der Waals surface area contributed by atoms with E-state index in [1.165, 1.54) is 28.7 Å². The SMILES string of the molecule is CCCCn1c(N)c(N(Cc2ccccc2OC)C(=O)CCC2CCCCC2)c(=O)[nH]c1=O. The molecule has 0 unspecified atom stereocenters. The Bertz CT molecular complexity index is 1050. The third-order valence-corrected chi connectivity index (χ3v) is 6.53. The lowest BCUT2D eigenvalue weighted by atomic mass is 9.86. The number of nitrogens with zero attached hydrogens (tertiary/aromatic N) is 2. The van der Waals surface area contributed by atoms with Gasteiger partial charge in [-0.3, -0.25) is 24.0 Å². The molecule has 1 heterocycles. The van der Waals surface area contributed by atoms with E-state index >= 15 is 0 Å². The first-order chi connectivity index (χ1) is 16.0. The number of rotatable bonds is 10. The van der Waals surface area contributed by atoms with Gasteiger partial charge in [0.2, 0.25) is 5.91 Å². The van der Waals surface area contributed by atoms with Crippen LogP contribution < -0.4 is 26.6 Å². The summed E-state index contributed by atoms with van der Waals surface area (Å²) in [6.07, 6.45) is 8.67. The first-order valence-electron chi connectivity index (χ1n) is 12.0. The molecule has 0 atom stereocenters. The molecule has 0 spiro atoms. The fourth-order valence-electron chi connectivity index (χ4n) is 4.61. The summed E-state index contributed by atoms with van der Waals surface area (Å²) in [5, 5.41) is 0. The van der Waals surface area contributed by atoms with E-state index in [4.69, 9.17) is 10.5 Å². The highest BCUT2D eigenvalue weighted by atomic mass is 16.5. The molecular weight excluding hydrogens is 420 g/mol. The van der Waals surface area contributed by atoms with Gasteiger partial charge < -0.3 is 10.5 Å². The van der Waals surface area contributed by atoms with Gasteiger partial charge in [-0.25, -0.2) is 4.79 Å². The minimum absolute atomic E-state index is 0.0260. The lowest BCUT2D eigenvalue weighted by molar-refractivity contribution is -0.119. The van der Waals surface area contributed by atoms with Gasteiger partial charge in [-0.15, -0.1) is 0 Å². The second-order valence-corrected chi connectivity index (χ2v) is 8.83. The molecule has 180 valence electrons. The van der Waals surface area contributed by atoms with Crippen LogP contribution in [0.1, 0.15) is 70.3 Å². The highest BCUT2D eigenvalue weighted by molar-refractivity contribution is 5.95. The Balaban J connectivity index is 1.98. The van der Waals surface area contributed by atoms with Gasteiger partial charge >= 0.3 is 5.69 Å². The fourth-order valence-corrected chi connectivity index (χ4v) is 4.61. The summed E-state index contributed by atoms with van der Waals surface area (Å²) in [4.78, 5) is 42.6. The van der Waals surface area contributed by atoms with Crippen LogP contribution in [0, 0.1) is 5.92 Å². The number of para-hydroxylation sites is 1. The molecule has 1 aromatic heterocycles. The van der Waals surface area contributed by atoms with Crippen molar-refractivity contribution in [2.24, 2.45) is 5.92 Å².